The number of amides is 1. The summed E-state index contributed by atoms with van der Waals surface area (Å²) in [4.78, 5) is 16.7. The van der Waals surface area contributed by atoms with Gasteiger partial charge in [0.15, 0.2) is 0 Å². The van der Waals surface area contributed by atoms with Crippen molar-refractivity contribution in [1.82, 2.24) is 10.2 Å². The number of hydrogen-bond donors (Lipinski definition) is 1. The number of nitrogens with one attached hydrogen (secondary N) is 1. The summed E-state index contributed by atoms with van der Waals surface area (Å²) in [7, 11) is 3.32. The van der Waals surface area contributed by atoms with Crippen molar-refractivity contribution in [2.45, 2.75) is 0 Å². The van der Waals surface area contributed by atoms with Crippen molar-refractivity contribution in [3.63, 3.8) is 0 Å². The molecule has 0 saturated carbocycles. The van der Waals surface area contributed by atoms with E-state index in [0.717, 1.165) is 49.1 Å². The van der Waals surface area contributed by atoms with Crippen LogP contribution in [0.5, 0.6) is 17.2 Å². The van der Waals surface area contributed by atoms with E-state index in [2.05, 4.69) is 21.2 Å². The molecule has 0 bridgehead atoms. The third kappa shape index (κ3) is 6.02. The fourth-order valence-electron chi connectivity index (χ4n) is 3.33. The summed E-state index contributed by atoms with van der Waals surface area (Å²) < 4.78 is 16.2. The van der Waals surface area contributed by atoms with E-state index in [-0.39, 0.29) is 5.91 Å². The van der Waals surface area contributed by atoms with Crippen molar-refractivity contribution in [2.75, 3.05) is 65.0 Å². The van der Waals surface area contributed by atoms with Crippen LogP contribution in [-0.4, -0.2) is 70.9 Å². The first-order valence-corrected chi connectivity index (χ1v) is 9.83. The van der Waals surface area contributed by atoms with Crippen LogP contribution in [0.2, 0.25) is 0 Å². The number of ether oxygens (including phenoxy) is 3. The maximum absolute atomic E-state index is 12.2. The third-order valence-electron chi connectivity index (χ3n) is 4.92. The number of benzene rings is 2. The zero-order valence-electron chi connectivity index (χ0n) is 17.1. The maximum Gasteiger partial charge on any atom is 0.234 e. The van der Waals surface area contributed by atoms with E-state index in [1.807, 2.05) is 42.5 Å². The molecular formula is C22H29N3O4. The van der Waals surface area contributed by atoms with Crippen molar-refractivity contribution in [1.29, 1.82) is 0 Å². The zero-order valence-corrected chi connectivity index (χ0v) is 17.1. The molecular weight excluding hydrogens is 370 g/mol. The molecule has 0 radical (unpaired) electrons. The van der Waals surface area contributed by atoms with Gasteiger partial charge in [0.1, 0.15) is 23.9 Å². The molecule has 1 amide bonds. The maximum atomic E-state index is 12.2. The molecule has 1 saturated heterocycles. The molecule has 0 spiro atoms. The summed E-state index contributed by atoms with van der Waals surface area (Å²) in [5.41, 5.74) is 1.11. The minimum Gasteiger partial charge on any atom is -0.497 e. The second kappa shape index (κ2) is 10.6. The fraction of sp³-hybridized carbons (Fsp3) is 0.409. The molecule has 1 fully saturated rings. The third-order valence-corrected chi connectivity index (χ3v) is 4.92. The van der Waals surface area contributed by atoms with Gasteiger partial charge in [0.25, 0.3) is 0 Å². The first-order chi connectivity index (χ1) is 14.2. The van der Waals surface area contributed by atoms with E-state index in [1.54, 1.807) is 14.2 Å². The lowest BCUT2D eigenvalue weighted by Crippen LogP contribution is -2.49. The predicted molar refractivity (Wildman–Crippen MR) is 113 cm³/mol. The number of hydrogen-bond acceptors (Lipinski definition) is 6. The molecule has 0 unspecified atom stereocenters. The first-order valence-electron chi connectivity index (χ1n) is 9.83. The number of anilines is 1. The monoisotopic (exact) mass is 399 g/mol. The molecule has 1 N–H and O–H groups in total. The average Bonchev–Trinajstić information content (AvgIpc) is 2.77. The lowest BCUT2D eigenvalue weighted by atomic mass is 10.2. The Bertz CT molecular complexity index is 774. The summed E-state index contributed by atoms with van der Waals surface area (Å²) in [6.07, 6.45) is 0. The van der Waals surface area contributed by atoms with Gasteiger partial charge in [-0.15, -0.1) is 0 Å². The standard InChI is InChI=1S/C22H29N3O4/c1-27-18-7-9-19(10-8-18)29-16-11-23-22(26)17-24-12-14-25(15-13-24)20-5-3-4-6-21(20)28-2/h3-10H,11-17H2,1-2H3,(H,23,26). The summed E-state index contributed by atoms with van der Waals surface area (Å²) in [6.45, 7) is 4.73. The van der Waals surface area contributed by atoms with Crippen LogP contribution in [0, 0.1) is 0 Å². The molecule has 2 aromatic rings. The number of carbonyl (C=O) groups excluding carboxylic acids is 1. The van der Waals surface area contributed by atoms with Gasteiger partial charge in [0, 0.05) is 26.2 Å². The van der Waals surface area contributed by atoms with E-state index in [4.69, 9.17) is 14.2 Å². The number of piperazine rings is 1. The summed E-state index contributed by atoms with van der Waals surface area (Å²) in [6, 6.07) is 15.4. The van der Waals surface area contributed by atoms with Crippen molar-refractivity contribution >= 4 is 11.6 Å². The highest BCUT2D eigenvalue weighted by molar-refractivity contribution is 5.78. The van der Waals surface area contributed by atoms with Crippen LogP contribution in [0.3, 0.4) is 0 Å². The molecule has 2 aromatic carbocycles. The molecule has 1 aliphatic rings. The van der Waals surface area contributed by atoms with Gasteiger partial charge in [-0.25, -0.2) is 0 Å². The van der Waals surface area contributed by atoms with E-state index in [0.29, 0.717) is 19.7 Å². The van der Waals surface area contributed by atoms with Crippen LogP contribution in [0.1, 0.15) is 0 Å². The van der Waals surface area contributed by atoms with E-state index in [9.17, 15) is 4.79 Å². The Kier molecular flexibility index (Phi) is 7.58. The van der Waals surface area contributed by atoms with E-state index >= 15 is 0 Å². The quantitative estimate of drug-likeness (QED) is 0.651. The van der Waals surface area contributed by atoms with Crippen LogP contribution < -0.4 is 24.4 Å². The fourth-order valence-corrected chi connectivity index (χ4v) is 3.33. The van der Waals surface area contributed by atoms with Crippen LogP contribution in [0.25, 0.3) is 0 Å². The first kappa shape index (κ1) is 20.8. The molecule has 7 heteroatoms. The highest BCUT2D eigenvalue weighted by Crippen LogP contribution is 2.28. The number of rotatable bonds is 9. The van der Waals surface area contributed by atoms with Crippen molar-refractivity contribution < 1.29 is 19.0 Å². The normalized spacial score (nSPS) is 14.3. The number of carbonyl (C=O) groups is 1. The number of methoxy groups -OCH3 is 2. The topological polar surface area (TPSA) is 63.3 Å². The highest BCUT2D eigenvalue weighted by Gasteiger charge is 2.20. The predicted octanol–water partition coefficient (Wildman–Crippen LogP) is 2.02. The molecule has 29 heavy (non-hydrogen) atoms. The molecule has 1 aliphatic heterocycles. The van der Waals surface area contributed by atoms with Crippen LogP contribution >= 0.6 is 0 Å². The second-order valence-corrected chi connectivity index (χ2v) is 6.81. The van der Waals surface area contributed by atoms with E-state index < -0.39 is 0 Å². The molecule has 7 nitrogen and oxygen atoms in total. The molecule has 0 atom stereocenters. The zero-order chi connectivity index (χ0) is 20.5. The van der Waals surface area contributed by atoms with Crippen molar-refractivity contribution in [3.05, 3.63) is 48.5 Å². The summed E-state index contributed by atoms with van der Waals surface area (Å²) in [5.74, 6) is 2.45. The Morgan fingerprint density at radius 1 is 0.931 bits per heavy atom. The molecule has 3 rings (SSSR count). The Hall–Kier alpha value is -2.93. The minimum atomic E-state index is 0.0223. The molecule has 156 valence electrons. The Balaban J connectivity index is 1.34. The van der Waals surface area contributed by atoms with Crippen LogP contribution in [0.15, 0.2) is 48.5 Å². The Morgan fingerprint density at radius 3 is 2.31 bits per heavy atom. The number of nitrogens with zero attached hydrogens (tertiary/aromatic N) is 2. The van der Waals surface area contributed by atoms with Gasteiger partial charge in [-0.2, -0.15) is 0 Å². The van der Waals surface area contributed by atoms with Gasteiger partial charge < -0.3 is 24.4 Å². The van der Waals surface area contributed by atoms with Gasteiger partial charge in [-0.1, -0.05) is 12.1 Å². The number of para-hydroxylation sites is 2. The SMILES string of the molecule is COc1ccc(OCCNC(=O)CN2CCN(c3ccccc3OC)CC2)cc1. The van der Waals surface area contributed by atoms with E-state index in [1.165, 1.54) is 0 Å². The van der Waals surface area contributed by atoms with Crippen LogP contribution in [-0.2, 0) is 4.79 Å². The van der Waals surface area contributed by atoms with Gasteiger partial charge in [-0.3, -0.25) is 9.69 Å². The second-order valence-electron chi connectivity index (χ2n) is 6.81. The Labute approximate surface area is 172 Å². The largest absolute Gasteiger partial charge is 0.497 e. The molecule has 0 aromatic heterocycles. The lowest BCUT2D eigenvalue weighted by Gasteiger charge is -2.36. The van der Waals surface area contributed by atoms with Crippen LogP contribution in [0.4, 0.5) is 5.69 Å². The highest BCUT2D eigenvalue weighted by atomic mass is 16.5. The smallest absolute Gasteiger partial charge is 0.234 e. The minimum absolute atomic E-state index is 0.0223. The molecule has 1 heterocycles. The van der Waals surface area contributed by atoms with Crippen molar-refractivity contribution in [2.24, 2.45) is 0 Å². The van der Waals surface area contributed by atoms with Gasteiger partial charge in [0.2, 0.25) is 5.91 Å². The van der Waals surface area contributed by atoms with Gasteiger partial charge in [-0.05, 0) is 36.4 Å². The summed E-state index contributed by atoms with van der Waals surface area (Å²) in [5, 5.41) is 2.92. The average molecular weight is 399 g/mol. The molecule has 0 aliphatic carbocycles. The van der Waals surface area contributed by atoms with Gasteiger partial charge in [0.05, 0.1) is 33.0 Å². The Morgan fingerprint density at radius 2 is 1.62 bits per heavy atom. The summed E-state index contributed by atoms with van der Waals surface area (Å²) >= 11 is 0. The van der Waals surface area contributed by atoms with Gasteiger partial charge >= 0.3 is 0 Å². The lowest BCUT2D eigenvalue weighted by molar-refractivity contribution is -0.122. The van der Waals surface area contributed by atoms with Crippen molar-refractivity contribution in [3.8, 4) is 17.2 Å².